The van der Waals surface area contributed by atoms with Gasteiger partial charge in [0.05, 0.1) is 6.26 Å². The normalized spacial score (nSPS) is 12.5. The number of likely N-dealkylation sites (N-methyl/N-ethyl adjacent to an activating group) is 1. The molecule has 0 unspecified atom stereocenters. The molecular weight excluding hydrogens is 242 g/mol. The Bertz CT molecular complexity index is 512. The fourth-order valence-electron chi connectivity index (χ4n) is 1.97. The quantitative estimate of drug-likeness (QED) is 0.763. The molecule has 0 aliphatic carbocycles. The van der Waals surface area contributed by atoms with Crippen molar-refractivity contribution in [3.05, 3.63) is 36.1 Å². The maximum atomic E-state index is 5.35. The summed E-state index contributed by atoms with van der Waals surface area (Å²) in [5, 5.41) is 1.19. The van der Waals surface area contributed by atoms with Crippen molar-refractivity contribution < 1.29 is 4.42 Å². The van der Waals surface area contributed by atoms with E-state index in [4.69, 9.17) is 4.42 Å². The topological polar surface area (TPSA) is 16.4 Å². The molecule has 0 saturated heterocycles. The van der Waals surface area contributed by atoms with E-state index in [9.17, 15) is 0 Å². The van der Waals surface area contributed by atoms with E-state index in [1.165, 1.54) is 10.9 Å². The summed E-state index contributed by atoms with van der Waals surface area (Å²) in [6.07, 6.45) is 2.82. The van der Waals surface area contributed by atoms with Crippen LogP contribution >= 0.6 is 11.9 Å². The zero-order valence-electron chi connectivity index (χ0n) is 11.6. The second-order valence-corrected chi connectivity index (χ2v) is 7.63. The first-order valence-corrected chi connectivity index (χ1v) is 7.08. The van der Waals surface area contributed by atoms with Crippen molar-refractivity contribution in [2.45, 2.75) is 31.9 Å². The Morgan fingerprint density at radius 1 is 1.22 bits per heavy atom. The fraction of sp³-hybridized carbons (Fsp3) is 0.467. The zero-order valence-corrected chi connectivity index (χ0v) is 12.4. The van der Waals surface area contributed by atoms with Crippen molar-refractivity contribution in [3.8, 4) is 0 Å². The Morgan fingerprint density at radius 3 is 2.72 bits per heavy atom. The molecular formula is C15H21NOS. The number of hydrogen-bond donors (Lipinski definition) is 0. The minimum Gasteiger partial charge on any atom is -0.464 e. The number of fused-ring (bicyclic) bond motifs is 1. The Hall–Kier alpha value is -0.930. The molecule has 0 atom stereocenters. The highest BCUT2D eigenvalue weighted by atomic mass is 32.2. The lowest BCUT2D eigenvalue weighted by Gasteiger charge is -2.25. The molecule has 2 nitrogen and oxygen atoms in total. The minimum absolute atomic E-state index is 0.281. The third-order valence-electron chi connectivity index (χ3n) is 2.66. The van der Waals surface area contributed by atoms with Crippen molar-refractivity contribution in [1.82, 2.24) is 4.31 Å². The number of benzene rings is 1. The van der Waals surface area contributed by atoms with E-state index in [0.717, 1.165) is 18.5 Å². The summed E-state index contributed by atoms with van der Waals surface area (Å²) < 4.78 is 7.95. The van der Waals surface area contributed by atoms with Crippen LogP contribution in [-0.4, -0.2) is 22.6 Å². The van der Waals surface area contributed by atoms with Crippen LogP contribution < -0.4 is 0 Å². The predicted molar refractivity (Wildman–Crippen MR) is 79.9 cm³/mol. The van der Waals surface area contributed by atoms with E-state index in [0.29, 0.717) is 0 Å². The Morgan fingerprint density at radius 2 is 2.00 bits per heavy atom. The summed E-state index contributed by atoms with van der Waals surface area (Å²) in [4.78, 5) is 0. The van der Waals surface area contributed by atoms with Crippen LogP contribution in [0.2, 0.25) is 0 Å². The van der Waals surface area contributed by atoms with Gasteiger partial charge in [0.25, 0.3) is 0 Å². The first-order valence-electron chi connectivity index (χ1n) is 6.30. The molecule has 2 aromatic rings. The second kappa shape index (κ2) is 5.37. The van der Waals surface area contributed by atoms with Crippen LogP contribution in [0.5, 0.6) is 0 Å². The van der Waals surface area contributed by atoms with Crippen molar-refractivity contribution in [2.75, 3.05) is 13.6 Å². The second-order valence-electron chi connectivity index (χ2n) is 5.60. The summed E-state index contributed by atoms with van der Waals surface area (Å²) in [5.41, 5.74) is 2.33. The van der Waals surface area contributed by atoms with Gasteiger partial charge in [-0.1, -0.05) is 18.0 Å². The standard InChI is InChI=1S/C15H21NOS/c1-15(2,3)18-16(4)9-7-12-5-6-14-13(11-12)8-10-17-14/h5-6,8,10-11H,7,9H2,1-4H3. The number of hydrogen-bond acceptors (Lipinski definition) is 3. The summed E-state index contributed by atoms with van der Waals surface area (Å²) in [6.45, 7) is 7.79. The predicted octanol–water partition coefficient (Wildman–Crippen LogP) is 4.35. The molecule has 0 bridgehead atoms. The lowest BCUT2D eigenvalue weighted by Crippen LogP contribution is -2.21. The monoisotopic (exact) mass is 263 g/mol. The fourth-order valence-corrected chi connectivity index (χ4v) is 3.09. The maximum Gasteiger partial charge on any atom is 0.133 e. The van der Waals surface area contributed by atoms with Crippen molar-refractivity contribution in [1.29, 1.82) is 0 Å². The molecule has 1 heterocycles. The molecule has 0 amide bonds. The summed E-state index contributed by atoms with van der Waals surface area (Å²) in [5.74, 6) is 0. The smallest absolute Gasteiger partial charge is 0.133 e. The van der Waals surface area contributed by atoms with Gasteiger partial charge in [-0.25, -0.2) is 0 Å². The zero-order chi connectivity index (χ0) is 13.2. The van der Waals surface area contributed by atoms with E-state index < -0.39 is 0 Å². The summed E-state index contributed by atoms with van der Waals surface area (Å²) >= 11 is 1.90. The van der Waals surface area contributed by atoms with Gasteiger partial charge in [-0.05, 0) is 58.0 Å². The van der Waals surface area contributed by atoms with Gasteiger partial charge in [-0.15, -0.1) is 0 Å². The van der Waals surface area contributed by atoms with Crippen molar-refractivity contribution >= 4 is 22.9 Å². The average molecular weight is 263 g/mol. The molecule has 3 heteroatoms. The summed E-state index contributed by atoms with van der Waals surface area (Å²) in [6, 6.07) is 8.45. The first-order chi connectivity index (χ1) is 8.44. The molecule has 98 valence electrons. The first kappa shape index (κ1) is 13.5. The maximum absolute atomic E-state index is 5.35. The van der Waals surface area contributed by atoms with E-state index in [1.807, 2.05) is 18.0 Å². The molecule has 0 saturated carbocycles. The number of nitrogens with zero attached hydrogens (tertiary/aromatic N) is 1. The lowest BCUT2D eigenvalue weighted by molar-refractivity contribution is 0.554. The van der Waals surface area contributed by atoms with Crippen LogP contribution in [0.15, 0.2) is 34.9 Å². The van der Waals surface area contributed by atoms with Gasteiger partial charge in [0.2, 0.25) is 0 Å². The van der Waals surface area contributed by atoms with E-state index in [1.54, 1.807) is 6.26 Å². The van der Waals surface area contributed by atoms with E-state index in [-0.39, 0.29) is 4.75 Å². The third kappa shape index (κ3) is 3.79. The largest absolute Gasteiger partial charge is 0.464 e. The molecule has 0 radical (unpaired) electrons. The van der Waals surface area contributed by atoms with E-state index in [2.05, 4.69) is 50.3 Å². The van der Waals surface area contributed by atoms with Crippen molar-refractivity contribution in [2.24, 2.45) is 0 Å². The van der Waals surface area contributed by atoms with Crippen LogP contribution in [-0.2, 0) is 6.42 Å². The molecule has 0 aliphatic heterocycles. The molecule has 0 aliphatic rings. The van der Waals surface area contributed by atoms with Gasteiger partial charge in [-0.3, -0.25) is 4.31 Å². The molecule has 1 aromatic heterocycles. The van der Waals surface area contributed by atoms with E-state index >= 15 is 0 Å². The highest BCUT2D eigenvalue weighted by molar-refractivity contribution is 7.98. The van der Waals surface area contributed by atoms with Crippen molar-refractivity contribution in [3.63, 3.8) is 0 Å². The van der Waals surface area contributed by atoms with Crippen LogP contribution in [0.1, 0.15) is 26.3 Å². The molecule has 0 fully saturated rings. The average Bonchev–Trinajstić information content (AvgIpc) is 2.71. The number of rotatable bonds is 4. The molecule has 0 N–H and O–H groups in total. The Labute approximate surface area is 113 Å². The Kier molecular flexibility index (Phi) is 4.03. The van der Waals surface area contributed by atoms with Crippen LogP contribution in [0.25, 0.3) is 11.0 Å². The SMILES string of the molecule is CN(CCc1ccc2occc2c1)SC(C)(C)C. The van der Waals surface area contributed by atoms with Crippen LogP contribution in [0.4, 0.5) is 0 Å². The third-order valence-corrected chi connectivity index (χ3v) is 3.70. The number of furan rings is 1. The van der Waals surface area contributed by atoms with Gasteiger partial charge in [0.1, 0.15) is 5.58 Å². The lowest BCUT2D eigenvalue weighted by atomic mass is 10.1. The Balaban J connectivity index is 1.93. The summed E-state index contributed by atoms with van der Waals surface area (Å²) in [7, 11) is 2.16. The molecule has 0 spiro atoms. The highest BCUT2D eigenvalue weighted by Gasteiger charge is 2.14. The minimum atomic E-state index is 0.281. The van der Waals surface area contributed by atoms with Crippen LogP contribution in [0.3, 0.4) is 0 Å². The van der Waals surface area contributed by atoms with Gasteiger partial charge in [0.15, 0.2) is 0 Å². The van der Waals surface area contributed by atoms with Gasteiger partial charge in [0, 0.05) is 16.7 Å². The van der Waals surface area contributed by atoms with Gasteiger partial charge < -0.3 is 4.42 Å². The molecule has 18 heavy (non-hydrogen) atoms. The van der Waals surface area contributed by atoms with Gasteiger partial charge >= 0.3 is 0 Å². The van der Waals surface area contributed by atoms with Gasteiger partial charge in [-0.2, -0.15) is 0 Å². The van der Waals surface area contributed by atoms with Crippen LogP contribution in [0, 0.1) is 0 Å². The highest BCUT2D eigenvalue weighted by Crippen LogP contribution is 2.26. The molecule has 2 rings (SSSR count). The molecule has 1 aromatic carbocycles.